The highest BCUT2D eigenvalue weighted by Crippen LogP contribution is 2.34. The summed E-state index contributed by atoms with van der Waals surface area (Å²) in [5, 5.41) is 6.27. The third kappa shape index (κ3) is 4.22. The van der Waals surface area contributed by atoms with Crippen LogP contribution in [0.15, 0.2) is 53.8 Å². The van der Waals surface area contributed by atoms with E-state index in [4.69, 9.17) is 4.74 Å². The summed E-state index contributed by atoms with van der Waals surface area (Å²) < 4.78 is 20.4. The summed E-state index contributed by atoms with van der Waals surface area (Å²) in [6.07, 6.45) is 2.54. The first-order valence-corrected chi connectivity index (χ1v) is 8.88. The van der Waals surface area contributed by atoms with Crippen LogP contribution in [0.25, 0.3) is 10.9 Å². The van der Waals surface area contributed by atoms with Crippen molar-refractivity contribution in [3.63, 3.8) is 0 Å². The molecule has 1 amide bonds. The Kier molecular flexibility index (Phi) is 5.66. The molecule has 138 valence electrons. The minimum absolute atomic E-state index is 0.267. The fraction of sp³-hybridized carbons (Fsp3) is 0.105. The second-order valence-corrected chi connectivity index (χ2v) is 6.38. The third-order valence-electron chi connectivity index (χ3n) is 3.66. The molecule has 0 unspecified atom stereocenters. The SMILES string of the molecule is C=CC(=O)Nc1cc2c(Nc3ccc(Br)cc3F)ncnc2cc1OCC. The molecule has 0 aliphatic rings. The standard InChI is InChI=1S/C19H16BrFN4O2/c1-3-18(26)24-16-8-12-15(9-17(16)27-4-2)22-10-23-19(12)25-14-6-5-11(20)7-13(14)21/h3,5-10H,1,4H2,2H3,(H,24,26)(H,22,23,25). The van der Waals surface area contributed by atoms with E-state index in [0.29, 0.717) is 39.2 Å². The zero-order valence-electron chi connectivity index (χ0n) is 14.4. The lowest BCUT2D eigenvalue weighted by Crippen LogP contribution is -2.09. The van der Waals surface area contributed by atoms with Crippen molar-refractivity contribution in [3.8, 4) is 5.75 Å². The first kappa shape index (κ1) is 18.8. The Bertz CT molecular complexity index is 1030. The van der Waals surface area contributed by atoms with Crippen molar-refractivity contribution in [2.75, 3.05) is 17.2 Å². The number of anilines is 3. The molecule has 1 heterocycles. The van der Waals surface area contributed by atoms with E-state index < -0.39 is 5.82 Å². The minimum Gasteiger partial charge on any atom is -0.492 e. The number of amides is 1. The highest BCUT2D eigenvalue weighted by atomic mass is 79.9. The molecule has 0 aliphatic heterocycles. The molecule has 6 nitrogen and oxygen atoms in total. The number of nitrogens with zero attached hydrogens (tertiary/aromatic N) is 2. The quantitative estimate of drug-likeness (QED) is 0.549. The van der Waals surface area contributed by atoms with Gasteiger partial charge in [0.2, 0.25) is 5.91 Å². The Morgan fingerprint density at radius 2 is 2.11 bits per heavy atom. The highest BCUT2D eigenvalue weighted by Gasteiger charge is 2.13. The van der Waals surface area contributed by atoms with Gasteiger partial charge in [-0.3, -0.25) is 4.79 Å². The summed E-state index contributed by atoms with van der Waals surface area (Å²) in [5.41, 5.74) is 1.30. The van der Waals surface area contributed by atoms with Gasteiger partial charge in [0.15, 0.2) is 0 Å². The maximum atomic E-state index is 14.2. The Balaban J connectivity index is 2.09. The van der Waals surface area contributed by atoms with Crippen LogP contribution in [0.3, 0.4) is 0 Å². The zero-order valence-corrected chi connectivity index (χ0v) is 16.0. The van der Waals surface area contributed by atoms with Gasteiger partial charge in [-0.2, -0.15) is 0 Å². The maximum absolute atomic E-state index is 14.2. The van der Waals surface area contributed by atoms with Gasteiger partial charge < -0.3 is 15.4 Å². The molecular weight excluding hydrogens is 415 g/mol. The van der Waals surface area contributed by atoms with Gasteiger partial charge in [0, 0.05) is 15.9 Å². The summed E-state index contributed by atoms with van der Waals surface area (Å²) in [4.78, 5) is 20.2. The van der Waals surface area contributed by atoms with Crippen LogP contribution in [0, 0.1) is 5.82 Å². The molecule has 0 saturated carbocycles. The van der Waals surface area contributed by atoms with Gasteiger partial charge in [0.25, 0.3) is 0 Å². The number of fused-ring (bicyclic) bond motifs is 1. The van der Waals surface area contributed by atoms with Crippen LogP contribution in [0.4, 0.5) is 21.6 Å². The van der Waals surface area contributed by atoms with E-state index in [1.807, 2.05) is 6.92 Å². The second-order valence-electron chi connectivity index (χ2n) is 5.46. The lowest BCUT2D eigenvalue weighted by Gasteiger charge is -2.14. The van der Waals surface area contributed by atoms with Gasteiger partial charge in [-0.05, 0) is 37.3 Å². The molecule has 0 aliphatic carbocycles. The van der Waals surface area contributed by atoms with Gasteiger partial charge in [-0.25, -0.2) is 14.4 Å². The van der Waals surface area contributed by atoms with Crippen LogP contribution >= 0.6 is 15.9 Å². The largest absolute Gasteiger partial charge is 0.492 e. The molecule has 3 rings (SSSR count). The molecule has 0 radical (unpaired) electrons. The molecule has 0 atom stereocenters. The van der Waals surface area contributed by atoms with Gasteiger partial charge in [-0.15, -0.1) is 0 Å². The van der Waals surface area contributed by atoms with Crippen LogP contribution in [-0.4, -0.2) is 22.5 Å². The van der Waals surface area contributed by atoms with Crippen molar-refractivity contribution < 1.29 is 13.9 Å². The molecule has 0 fully saturated rings. The summed E-state index contributed by atoms with van der Waals surface area (Å²) in [6.45, 7) is 5.71. The molecular formula is C19H16BrFN4O2. The van der Waals surface area contributed by atoms with Crippen molar-refractivity contribution in [1.29, 1.82) is 0 Å². The summed E-state index contributed by atoms with van der Waals surface area (Å²) in [5.74, 6) is 0.0703. The first-order chi connectivity index (χ1) is 13.0. The third-order valence-corrected chi connectivity index (χ3v) is 4.16. The molecule has 3 aromatic rings. The number of ether oxygens (including phenoxy) is 1. The van der Waals surface area contributed by atoms with Crippen LogP contribution in [0.1, 0.15) is 6.92 Å². The summed E-state index contributed by atoms with van der Waals surface area (Å²) >= 11 is 3.23. The van der Waals surface area contributed by atoms with E-state index in [9.17, 15) is 9.18 Å². The summed E-state index contributed by atoms with van der Waals surface area (Å²) in [7, 11) is 0. The van der Waals surface area contributed by atoms with Crippen molar-refractivity contribution in [2.24, 2.45) is 0 Å². The van der Waals surface area contributed by atoms with E-state index in [1.165, 1.54) is 12.4 Å². The number of carbonyl (C=O) groups excluding carboxylic acids is 1. The fourth-order valence-electron chi connectivity index (χ4n) is 2.46. The van der Waals surface area contributed by atoms with E-state index in [2.05, 4.69) is 43.1 Å². The molecule has 27 heavy (non-hydrogen) atoms. The molecule has 1 aromatic heterocycles. The topological polar surface area (TPSA) is 76.1 Å². The number of hydrogen-bond acceptors (Lipinski definition) is 5. The van der Waals surface area contributed by atoms with E-state index in [0.717, 1.165) is 6.08 Å². The predicted octanol–water partition coefficient (Wildman–Crippen LogP) is 4.80. The highest BCUT2D eigenvalue weighted by molar-refractivity contribution is 9.10. The average Bonchev–Trinajstić information content (AvgIpc) is 2.65. The van der Waals surface area contributed by atoms with Gasteiger partial charge in [0.05, 0.1) is 23.5 Å². The lowest BCUT2D eigenvalue weighted by atomic mass is 10.1. The van der Waals surface area contributed by atoms with Crippen molar-refractivity contribution in [2.45, 2.75) is 6.92 Å². The van der Waals surface area contributed by atoms with Crippen molar-refractivity contribution in [1.82, 2.24) is 9.97 Å². The first-order valence-electron chi connectivity index (χ1n) is 8.09. The minimum atomic E-state index is -0.428. The Hall–Kier alpha value is -3.00. The Labute approximate surface area is 163 Å². The number of rotatable bonds is 6. The average molecular weight is 431 g/mol. The normalized spacial score (nSPS) is 10.5. The molecule has 0 saturated heterocycles. The van der Waals surface area contributed by atoms with Gasteiger partial charge in [0.1, 0.15) is 23.7 Å². The van der Waals surface area contributed by atoms with Gasteiger partial charge in [-0.1, -0.05) is 22.5 Å². The van der Waals surface area contributed by atoms with E-state index >= 15 is 0 Å². The number of carbonyl (C=O) groups is 1. The Morgan fingerprint density at radius 1 is 1.30 bits per heavy atom. The van der Waals surface area contributed by atoms with E-state index in [1.54, 1.807) is 24.3 Å². The maximum Gasteiger partial charge on any atom is 0.247 e. The van der Waals surface area contributed by atoms with Crippen LogP contribution < -0.4 is 15.4 Å². The molecule has 0 bridgehead atoms. The van der Waals surface area contributed by atoms with E-state index in [-0.39, 0.29) is 11.6 Å². The lowest BCUT2D eigenvalue weighted by molar-refractivity contribution is -0.111. The number of aromatic nitrogens is 2. The number of halogens is 2. The molecule has 0 spiro atoms. The molecule has 2 aromatic carbocycles. The van der Waals surface area contributed by atoms with Crippen LogP contribution in [-0.2, 0) is 4.79 Å². The number of benzene rings is 2. The summed E-state index contributed by atoms with van der Waals surface area (Å²) in [6, 6.07) is 8.05. The monoisotopic (exact) mass is 430 g/mol. The van der Waals surface area contributed by atoms with Crippen LogP contribution in [0.2, 0.25) is 0 Å². The zero-order chi connectivity index (χ0) is 19.4. The number of nitrogens with one attached hydrogen (secondary N) is 2. The fourth-order valence-corrected chi connectivity index (χ4v) is 2.79. The van der Waals surface area contributed by atoms with Crippen molar-refractivity contribution >= 4 is 49.9 Å². The van der Waals surface area contributed by atoms with Gasteiger partial charge >= 0.3 is 0 Å². The van der Waals surface area contributed by atoms with Crippen molar-refractivity contribution in [3.05, 3.63) is 59.6 Å². The second kappa shape index (κ2) is 8.13. The predicted molar refractivity (Wildman–Crippen MR) is 107 cm³/mol. The Morgan fingerprint density at radius 3 is 2.81 bits per heavy atom. The van der Waals surface area contributed by atoms with Crippen LogP contribution in [0.5, 0.6) is 5.75 Å². The number of hydrogen-bond donors (Lipinski definition) is 2. The molecule has 2 N–H and O–H groups in total. The molecule has 8 heteroatoms. The smallest absolute Gasteiger partial charge is 0.247 e.